The van der Waals surface area contributed by atoms with E-state index < -0.39 is 0 Å². The van der Waals surface area contributed by atoms with Gasteiger partial charge in [-0.25, -0.2) is 0 Å². The van der Waals surface area contributed by atoms with Gasteiger partial charge in [0.1, 0.15) is 0 Å². The molecule has 210 valence electrons. The van der Waals surface area contributed by atoms with Gasteiger partial charge >= 0.3 is 0 Å². The van der Waals surface area contributed by atoms with E-state index in [1.165, 1.54) is 88.7 Å². The quantitative estimate of drug-likeness (QED) is 0.199. The first-order valence-corrected chi connectivity index (χ1v) is 15.9. The third kappa shape index (κ3) is 3.56. The summed E-state index contributed by atoms with van der Waals surface area (Å²) in [6.07, 6.45) is 1.08. The molecule has 2 aliphatic rings. The van der Waals surface area contributed by atoms with Gasteiger partial charge in [-0.2, -0.15) is 0 Å². The van der Waals surface area contributed by atoms with Crippen LogP contribution in [-0.2, 0) is 6.42 Å². The summed E-state index contributed by atoms with van der Waals surface area (Å²) in [5.41, 5.74) is 18.6. The molecular formula is C44H29N. The number of aromatic nitrogens is 1. The number of benzene rings is 7. The fourth-order valence-electron chi connectivity index (χ4n) is 8.16. The normalized spacial score (nSPS) is 14.4. The Bertz CT molecular complexity index is 2440. The first kappa shape index (κ1) is 24.7. The molecule has 8 aromatic rings. The summed E-state index contributed by atoms with van der Waals surface area (Å²) in [6, 6.07) is 58.4. The maximum atomic E-state index is 2.47. The fourth-order valence-corrected chi connectivity index (χ4v) is 8.16. The van der Waals surface area contributed by atoms with Crippen molar-refractivity contribution in [2.24, 2.45) is 0 Å². The lowest BCUT2D eigenvalue weighted by atomic mass is 9.68. The van der Waals surface area contributed by atoms with Crippen LogP contribution in [0.25, 0.3) is 72.0 Å². The van der Waals surface area contributed by atoms with E-state index in [1.807, 2.05) is 0 Å². The fraction of sp³-hybridized carbons (Fsp3) is 0.0455. The monoisotopic (exact) mass is 571 g/mol. The molecule has 1 nitrogen and oxygen atoms in total. The molecule has 0 N–H and O–H groups in total. The van der Waals surface area contributed by atoms with Gasteiger partial charge in [0, 0.05) is 27.9 Å². The van der Waals surface area contributed by atoms with Crippen molar-refractivity contribution in [2.75, 3.05) is 0 Å². The SMILES string of the molecule is c1ccc(-c2ccc(-n3c4ccccc4c4cccc(-c5ccc6c(c5)-c5cccc7c5CC6c5ccccc5-7)c43)cc2)cc1. The van der Waals surface area contributed by atoms with Crippen molar-refractivity contribution in [2.45, 2.75) is 12.3 Å². The van der Waals surface area contributed by atoms with Crippen LogP contribution in [0.3, 0.4) is 0 Å². The van der Waals surface area contributed by atoms with Crippen molar-refractivity contribution in [3.8, 4) is 50.2 Å². The molecule has 0 amide bonds. The third-order valence-corrected chi connectivity index (χ3v) is 10.2. The zero-order chi connectivity index (χ0) is 29.5. The molecule has 0 saturated heterocycles. The first-order valence-electron chi connectivity index (χ1n) is 15.9. The Labute approximate surface area is 262 Å². The van der Waals surface area contributed by atoms with Gasteiger partial charge in [-0.05, 0) is 86.3 Å². The zero-order valence-corrected chi connectivity index (χ0v) is 24.7. The van der Waals surface area contributed by atoms with Gasteiger partial charge in [0.15, 0.2) is 0 Å². The number of rotatable bonds is 3. The molecule has 7 aromatic carbocycles. The third-order valence-electron chi connectivity index (χ3n) is 10.2. The Kier molecular flexibility index (Phi) is 5.18. The lowest BCUT2D eigenvalue weighted by molar-refractivity contribution is 0.782. The summed E-state index contributed by atoms with van der Waals surface area (Å²) < 4.78 is 2.46. The van der Waals surface area contributed by atoms with Crippen LogP contribution in [0.2, 0.25) is 0 Å². The molecule has 1 heterocycles. The van der Waals surface area contributed by atoms with Crippen molar-refractivity contribution >= 4 is 21.8 Å². The van der Waals surface area contributed by atoms with Crippen LogP contribution in [0.5, 0.6) is 0 Å². The first-order chi connectivity index (χ1) is 22.3. The topological polar surface area (TPSA) is 4.93 Å². The van der Waals surface area contributed by atoms with Crippen molar-refractivity contribution in [1.29, 1.82) is 0 Å². The van der Waals surface area contributed by atoms with Gasteiger partial charge in [0.05, 0.1) is 11.0 Å². The van der Waals surface area contributed by atoms with Gasteiger partial charge in [-0.3, -0.25) is 0 Å². The second-order valence-corrected chi connectivity index (χ2v) is 12.4. The van der Waals surface area contributed by atoms with Crippen molar-refractivity contribution < 1.29 is 0 Å². The summed E-state index contributed by atoms with van der Waals surface area (Å²) in [4.78, 5) is 0. The minimum atomic E-state index is 0.401. The minimum absolute atomic E-state index is 0.401. The predicted molar refractivity (Wildman–Crippen MR) is 188 cm³/mol. The van der Waals surface area contributed by atoms with Crippen molar-refractivity contribution in [1.82, 2.24) is 4.57 Å². The number of hydrogen-bond acceptors (Lipinski definition) is 0. The van der Waals surface area contributed by atoms with E-state index in [1.54, 1.807) is 0 Å². The summed E-state index contributed by atoms with van der Waals surface area (Å²) >= 11 is 0. The number of nitrogens with zero attached hydrogens (tertiary/aromatic N) is 1. The van der Waals surface area contributed by atoms with Crippen LogP contribution >= 0.6 is 0 Å². The lowest BCUT2D eigenvalue weighted by Gasteiger charge is -2.36. The molecule has 0 aliphatic heterocycles. The molecule has 2 aliphatic carbocycles. The largest absolute Gasteiger partial charge is 0.309 e. The van der Waals surface area contributed by atoms with E-state index in [9.17, 15) is 0 Å². The molecule has 0 radical (unpaired) electrons. The molecule has 1 aromatic heterocycles. The van der Waals surface area contributed by atoms with E-state index in [0.29, 0.717) is 5.92 Å². The molecule has 10 rings (SSSR count). The highest BCUT2D eigenvalue weighted by Gasteiger charge is 2.33. The Morgan fingerprint density at radius 3 is 1.93 bits per heavy atom. The molecule has 1 heteroatoms. The van der Waals surface area contributed by atoms with Crippen LogP contribution in [0.4, 0.5) is 0 Å². The van der Waals surface area contributed by atoms with E-state index in [4.69, 9.17) is 0 Å². The highest BCUT2D eigenvalue weighted by molar-refractivity contribution is 6.14. The van der Waals surface area contributed by atoms with Crippen LogP contribution in [0.15, 0.2) is 158 Å². The maximum absolute atomic E-state index is 2.47. The molecule has 0 spiro atoms. The summed E-state index contributed by atoms with van der Waals surface area (Å²) in [5.74, 6) is 0.401. The highest BCUT2D eigenvalue weighted by atomic mass is 15.0. The second-order valence-electron chi connectivity index (χ2n) is 12.4. The van der Waals surface area contributed by atoms with E-state index in [2.05, 4.69) is 162 Å². The minimum Gasteiger partial charge on any atom is -0.309 e. The molecule has 0 saturated carbocycles. The zero-order valence-electron chi connectivity index (χ0n) is 24.7. The van der Waals surface area contributed by atoms with Gasteiger partial charge in [-0.15, -0.1) is 0 Å². The summed E-state index contributed by atoms with van der Waals surface area (Å²) in [5, 5.41) is 2.56. The maximum Gasteiger partial charge on any atom is 0.0619 e. The van der Waals surface area contributed by atoms with Gasteiger partial charge in [0.2, 0.25) is 0 Å². The molecule has 1 atom stereocenters. The van der Waals surface area contributed by atoms with Crippen LogP contribution in [0, 0.1) is 0 Å². The number of para-hydroxylation sites is 2. The Hall–Kier alpha value is -5.66. The summed E-state index contributed by atoms with van der Waals surface area (Å²) in [6.45, 7) is 0. The average molecular weight is 572 g/mol. The Morgan fingerprint density at radius 2 is 1.04 bits per heavy atom. The molecule has 0 fully saturated rings. The predicted octanol–water partition coefficient (Wildman–Crippen LogP) is 11.5. The number of hydrogen-bond donors (Lipinski definition) is 0. The van der Waals surface area contributed by atoms with Gasteiger partial charge in [0.25, 0.3) is 0 Å². The molecule has 45 heavy (non-hydrogen) atoms. The number of fused-ring (bicyclic) bond motifs is 10. The molecular weight excluding hydrogens is 542 g/mol. The van der Waals surface area contributed by atoms with Crippen molar-refractivity contribution in [3.63, 3.8) is 0 Å². The van der Waals surface area contributed by atoms with Crippen molar-refractivity contribution in [3.05, 3.63) is 174 Å². The second kappa shape index (κ2) is 9.42. The van der Waals surface area contributed by atoms with Gasteiger partial charge < -0.3 is 4.57 Å². The van der Waals surface area contributed by atoms with Gasteiger partial charge in [-0.1, -0.05) is 133 Å². The van der Waals surface area contributed by atoms with Crippen LogP contribution < -0.4 is 0 Å². The molecule has 2 bridgehead atoms. The van der Waals surface area contributed by atoms with E-state index in [0.717, 1.165) is 6.42 Å². The highest BCUT2D eigenvalue weighted by Crippen LogP contribution is 2.52. The lowest BCUT2D eigenvalue weighted by Crippen LogP contribution is -2.18. The van der Waals surface area contributed by atoms with Crippen LogP contribution in [0.1, 0.15) is 22.6 Å². The van der Waals surface area contributed by atoms with Crippen LogP contribution in [-0.4, -0.2) is 4.57 Å². The molecule has 1 unspecified atom stereocenters. The Morgan fingerprint density at radius 1 is 0.422 bits per heavy atom. The Balaban J connectivity index is 1.20. The van der Waals surface area contributed by atoms with E-state index in [-0.39, 0.29) is 0 Å². The van der Waals surface area contributed by atoms with E-state index >= 15 is 0 Å². The smallest absolute Gasteiger partial charge is 0.0619 e. The average Bonchev–Trinajstić information content (AvgIpc) is 3.46. The summed E-state index contributed by atoms with van der Waals surface area (Å²) in [7, 11) is 0. The standard InChI is InChI=1S/C44H29N/c1-2-10-28(11-3-1)29-20-23-31(24-21-29)45-43-19-7-6-14-38(43)39-18-8-15-32(44(39)45)30-22-25-37-40(26-30)36-17-9-16-35-33-12-4-5-13-34(33)42(37)27-41(35)36/h1-26,42H,27H2.